The number of anilines is 1. The Kier molecular flexibility index (Phi) is 3.92. The summed E-state index contributed by atoms with van der Waals surface area (Å²) in [5.41, 5.74) is 1.69. The van der Waals surface area contributed by atoms with Gasteiger partial charge in [0, 0.05) is 31.9 Å². The minimum absolute atomic E-state index is 0.275. The lowest BCUT2D eigenvalue weighted by molar-refractivity contribution is 0.463. The standard InChI is InChI=1S/C13H16N2O3S/c1-14-12-3-5-13(6-4-12)19(16,17)15(2)9-11-7-8-18-10-11/h3-8,10,14H,9H2,1-2H3. The van der Waals surface area contributed by atoms with E-state index in [1.807, 2.05) is 0 Å². The fourth-order valence-corrected chi connectivity index (χ4v) is 2.86. The Labute approximate surface area is 112 Å². The maximum atomic E-state index is 12.3. The van der Waals surface area contributed by atoms with Gasteiger partial charge in [0.15, 0.2) is 0 Å². The Bertz CT molecular complexity index is 618. The second kappa shape index (κ2) is 5.46. The molecule has 6 heteroatoms. The average Bonchev–Trinajstić information content (AvgIpc) is 2.91. The van der Waals surface area contributed by atoms with Gasteiger partial charge in [0.1, 0.15) is 0 Å². The van der Waals surface area contributed by atoms with Crippen LogP contribution in [0.4, 0.5) is 5.69 Å². The van der Waals surface area contributed by atoms with E-state index in [-0.39, 0.29) is 11.4 Å². The van der Waals surface area contributed by atoms with Crippen molar-refractivity contribution in [3.63, 3.8) is 0 Å². The zero-order chi connectivity index (χ0) is 13.9. The van der Waals surface area contributed by atoms with Gasteiger partial charge in [-0.3, -0.25) is 0 Å². The Balaban J connectivity index is 2.20. The van der Waals surface area contributed by atoms with Crippen LogP contribution in [0, 0.1) is 0 Å². The molecule has 19 heavy (non-hydrogen) atoms. The topological polar surface area (TPSA) is 62.6 Å². The largest absolute Gasteiger partial charge is 0.472 e. The number of rotatable bonds is 5. The summed E-state index contributed by atoms with van der Waals surface area (Å²) in [6.07, 6.45) is 3.06. The van der Waals surface area contributed by atoms with Crippen LogP contribution in [0.1, 0.15) is 5.56 Å². The van der Waals surface area contributed by atoms with Gasteiger partial charge in [-0.05, 0) is 30.3 Å². The summed E-state index contributed by atoms with van der Waals surface area (Å²) >= 11 is 0. The summed E-state index contributed by atoms with van der Waals surface area (Å²) in [5.74, 6) is 0. The number of benzene rings is 1. The normalized spacial score (nSPS) is 11.7. The van der Waals surface area contributed by atoms with Gasteiger partial charge in [-0.25, -0.2) is 8.42 Å². The predicted octanol–water partition coefficient (Wildman–Crippen LogP) is 2.14. The molecule has 0 bridgehead atoms. The molecule has 1 aromatic carbocycles. The molecule has 102 valence electrons. The van der Waals surface area contributed by atoms with Gasteiger partial charge in [-0.2, -0.15) is 4.31 Å². The third-order valence-corrected chi connectivity index (χ3v) is 4.65. The molecule has 0 aliphatic carbocycles. The van der Waals surface area contributed by atoms with E-state index in [4.69, 9.17) is 4.42 Å². The highest BCUT2D eigenvalue weighted by atomic mass is 32.2. The molecule has 0 radical (unpaired) electrons. The minimum Gasteiger partial charge on any atom is -0.472 e. The SMILES string of the molecule is CNc1ccc(S(=O)(=O)N(C)Cc2ccoc2)cc1. The summed E-state index contributed by atoms with van der Waals surface area (Å²) in [4.78, 5) is 0.275. The van der Waals surface area contributed by atoms with Crippen molar-refractivity contribution in [1.29, 1.82) is 0 Å². The van der Waals surface area contributed by atoms with Gasteiger partial charge < -0.3 is 9.73 Å². The first-order valence-electron chi connectivity index (χ1n) is 5.79. The molecule has 0 unspecified atom stereocenters. The Hall–Kier alpha value is -1.79. The summed E-state index contributed by atoms with van der Waals surface area (Å²) in [5, 5.41) is 2.95. The van der Waals surface area contributed by atoms with Gasteiger partial charge in [0.25, 0.3) is 0 Å². The molecule has 0 spiro atoms. The monoisotopic (exact) mass is 280 g/mol. The minimum atomic E-state index is -3.48. The van der Waals surface area contributed by atoms with Crippen molar-refractivity contribution in [1.82, 2.24) is 4.31 Å². The first-order chi connectivity index (χ1) is 9.04. The molecule has 0 saturated carbocycles. The van der Waals surface area contributed by atoms with Crippen LogP contribution in [-0.2, 0) is 16.6 Å². The van der Waals surface area contributed by atoms with Gasteiger partial charge in [0.2, 0.25) is 10.0 Å². The van der Waals surface area contributed by atoms with Crippen LogP contribution in [0.25, 0.3) is 0 Å². The molecule has 2 rings (SSSR count). The van der Waals surface area contributed by atoms with E-state index in [2.05, 4.69) is 5.32 Å². The first-order valence-corrected chi connectivity index (χ1v) is 7.23. The maximum absolute atomic E-state index is 12.3. The molecule has 1 aromatic heterocycles. The van der Waals surface area contributed by atoms with E-state index in [1.54, 1.807) is 44.4 Å². The van der Waals surface area contributed by atoms with E-state index >= 15 is 0 Å². The lowest BCUT2D eigenvalue weighted by atomic mass is 10.3. The van der Waals surface area contributed by atoms with E-state index < -0.39 is 10.0 Å². The second-order valence-electron chi connectivity index (χ2n) is 4.17. The van der Waals surface area contributed by atoms with Crippen molar-refractivity contribution in [3.8, 4) is 0 Å². The Morgan fingerprint density at radius 2 is 1.89 bits per heavy atom. The molecule has 1 N–H and O–H groups in total. The van der Waals surface area contributed by atoms with E-state index in [9.17, 15) is 8.42 Å². The van der Waals surface area contributed by atoms with Crippen LogP contribution < -0.4 is 5.32 Å². The Morgan fingerprint density at radius 1 is 1.21 bits per heavy atom. The smallest absolute Gasteiger partial charge is 0.243 e. The number of hydrogen-bond donors (Lipinski definition) is 1. The molecule has 5 nitrogen and oxygen atoms in total. The van der Waals surface area contributed by atoms with Crippen LogP contribution in [0.5, 0.6) is 0 Å². The molecular weight excluding hydrogens is 264 g/mol. The van der Waals surface area contributed by atoms with Crippen molar-refractivity contribution in [3.05, 3.63) is 48.4 Å². The van der Waals surface area contributed by atoms with Crippen molar-refractivity contribution >= 4 is 15.7 Å². The highest BCUT2D eigenvalue weighted by Crippen LogP contribution is 2.19. The predicted molar refractivity (Wildman–Crippen MR) is 73.3 cm³/mol. The van der Waals surface area contributed by atoms with Crippen LogP contribution in [0.2, 0.25) is 0 Å². The number of hydrogen-bond acceptors (Lipinski definition) is 4. The van der Waals surface area contributed by atoms with Crippen LogP contribution in [-0.4, -0.2) is 26.8 Å². The molecule has 2 aromatic rings. The van der Waals surface area contributed by atoms with Crippen molar-refractivity contribution < 1.29 is 12.8 Å². The fraction of sp³-hybridized carbons (Fsp3) is 0.231. The molecule has 0 amide bonds. The zero-order valence-electron chi connectivity index (χ0n) is 10.8. The third kappa shape index (κ3) is 2.97. The summed E-state index contributed by atoms with van der Waals surface area (Å²) in [6, 6.07) is 8.40. The van der Waals surface area contributed by atoms with E-state index in [0.29, 0.717) is 0 Å². The number of furan rings is 1. The highest BCUT2D eigenvalue weighted by Gasteiger charge is 2.20. The van der Waals surface area contributed by atoms with E-state index in [0.717, 1.165) is 11.3 Å². The molecular formula is C13H16N2O3S. The fourth-order valence-electron chi connectivity index (χ4n) is 1.70. The molecule has 0 fully saturated rings. The zero-order valence-corrected chi connectivity index (χ0v) is 11.6. The van der Waals surface area contributed by atoms with E-state index in [1.165, 1.54) is 16.8 Å². The van der Waals surface area contributed by atoms with Crippen molar-refractivity contribution in [2.24, 2.45) is 0 Å². The van der Waals surface area contributed by atoms with Crippen molar-refractivity contribution in [2.75, 3.05) is 19.4 Å². The van der Waals surface area contributed by atoms with Gasteiger partial charge in [-0.1, -0.05) is 0 Å². The Morgan fingerprint density at radius 3 is 2.42 bits per heavy atom. The number of nitrogens with zero attached hydrogens (tertiary/aromatic N) is 1. The summed E-state index contributed by atoms with van der Waals surface area (Å²) in [6.45, 7) is 0.284. The van der Waals surface area contributed by atoms with Crippen molar-refractivity contribution in [2.45, 2.75) is 11.4 Å². The molecule has 0 atom stereocenters. The number of sulfonamides is 1. The van der Waals surface area contributed by atoms with Crippen LogP contribution in [0.15, 0.2) is 52.2 Å². The van der Waals surface area contributed by atoms with Gasteiger partial charge >= 0.3 is 0 Å². The quantitative estimate of drug-likeness (QED) is 0.911. The summed E-state index contributed by atoms with van der Waals surface area (Å²) in [7, 11) is -0.140. The molecule has 0 saturated heterocycles. The van der Waals surface area contributed by atoms with Crippen LogP contribution in [0.3, 0.4) is 0 Å². The second-order valence-corrected chi connectivity index (χ2v) is 6.21. The maximum Gasteiger partial charge on any atom is 0.243 e. The third-order valence-electron chi connectivity index (χ3n) is 2.84. The lowest BCUT2D eigenvalue weighted by Crippen LogP contribution is -2.26. The first kappa shape index (κ1) is 13.6. The average molecular weight is 280 g/mol. The highest BCUT2D eigenvalue weighted by molar-refractivity contribution is 7.89. The molecule has 1 heterocycles. The summed E-state index contributed by atoms with van der Waals surface area (Å²) < 4.78 is 30.9. The van der Waals surface area contributed by atoms with Gasteiger partial charge in [0.05, 0.1) is 17.4 Å². The van der Waals surface area contributed by atoms with Crippen LogP contribution >= 0.6 is 0 Å². The lowest BCUT2D eigenvalue weighted by Gasteiger charge is -2.16. The molecule has 0 aliphatic heterocycles. The van der Waals surface area contributed by atoms with Gasteiger partial charge in [-0.15, -0.1) is 0 Å². The molecule has 0 aliphatic rings. The number of nitrogens with one attached hydrogen (secondary N) is 1.